The molecule has 1 atom stereocenters. The Morgan fingerprint density at radius 1 is 1.22 bits per heavy atom. The van der Waals surface area contributed by atoms with Crippen molar-refractivity contribution in [1.29, 1.82) is 0 Å². The van der Waals surface area contributed by atoms with E-state index in [1.165, 1.54) is 12.1 Å². The molecule has 0 aliphatic carbocycles. The molecule has 0 bridgehead atoms. The van der Waals surface area contributed by atoms with Gasteiger partial charge in [0.2, 0.25) is 5.88 Å². The van der Waals surface area contributed by atoms with Crippen molar-refractivity contribution in [2.45, 2.75) is 13.0 Å². The molecule has 0 amide bonds. The summed E-state index contributed by atoms with van der Waals surface area (Å²) in [6.07, 6.45) is 5.39. The van der Waals surface area contributed by atoms with Crippen molar-refractivity contribution in [3.63, 3.8) is 0 Å². The lowest BCUT2D eigenvalue weighted by molar-refractivity contribution is 0.399. The molecule has 0 radical (unpaired) electrons. The lowest BCUT2D eigenvalue weighted by Gasteiger charge is -2.12. The largest absolute Gasteiger partial charge is 0.481 e. The summed E-state index contributed by atoms with van der Waals surface area (Å²) < 4.78 is 21.1. The van der Waals surface area contributed by atoms with Gasteiger partial charge in [0.15, 0.2) is 0 Å². The minimum atomic E-state index is -0.243. The SMILES string of the molecule is COc1ncc(Br)cc1-c1cnn(C(C)c2ccc(F)cc2)c1. The lowest BCUT2D eigenvalue weighted by atomic mass is 10.1. The number of halogens is 2. The molecule has 0 aliphatic heterocycles. The highest BCUT2D eigenvalue weighted by atomic mass is 79.9. The third-order valence-corrected chi connectivity index (χ3v) is 4.11. The average molecular weight is 376 g/mol. The van der Waals surface area contributed by atoms with E-state index in [1.807, 2.05) is 23.9 Å². The van der Waals surface area contributed by atoms with Crippen LogP contribution in [0.15, 0.2) is 53.4 Å². The molecule has 2 heterocycles. The minimum Gasteiger partial charge on any atom is -0.481 e. The van der Waals surface area contributed by atoms with Crippen molar-refractivity contribution < 1.29 is 9.13 Å². The fraction of sp³-hybridized carbons (Fsp3) is 0.176. The van der Waals surface area contributed by atoms with Crippen LogP contribution in [0.5, 0.6) is 5.88 Å². The van der Waals surface area contributed by atoms with Crippen molar-refractivity contribution in [1.82, 2.24) is 14.8 Å². The second-order valence-electron chi connectivity index (χ2n) is 5.15. The molecule has 1 aromatic carbocycles. The van der Waals surface area contributed by atoms with Gasteiger partial charge in [-0.2, -0.15) is 5.10 Å². The minimum absolute atomic E-state index is 0.00421. The van der Waals surface area contributed by atoms with E-state index in [2.05, 4.69) is 26.0 Å². The Bertz CT molecular complexity index is 817. The van der Waals surface area contributed by atoms with Crippen LogP contribution in [-0.2, 0) is 0 Å². The van der Waals surface area contributed by atoms with Gasteiger partial charge in [-0.3, -0.25) is 4.68 Å². The highest BCUT2D eigenvalue weighted by Crippen LogP contribution is 2.31. The molecule has 0 N–H and O–H groups in total. The van der Waals surface area contributed by atoms with Crippen LogP contribution in [0.25, 0.3) is 11.1 Å². The van der Waals surface area contributed by atoms with Crippen LogP contribution >= 0.6 is 15.9 Å². The van der Waals surface area contributed by atoms with Gasteiger partial charge in [-0.15, -0.1) is 0 Å². The Hall–Kier alpha value is -2.21. The molecule has 23 heavy (non-hydrogen) atoms. The number of pyridine rings is 1. The van der Waals surface area contributed by atoms with Gasteiger partial charge in [0.1, 0.15) is 5.82 Å². The fourth-order valence-corrected chi connectivity index (χ4v) is 2.71. The Morgan fingerprint density at radius 3 is 2.65 bits per heavy atom. The van der Waals surface area contributed by atoms with Crippen LogP contribution in [0.3, 0.4) is 0 Å². The first kappa shape index (κ1) is 15.7. The maximum absolute atomic E-state index is 13.1. The molecular formula is C17H15BrFN3O. The van der Waals surface area contributed by atoms with Crippen LogP contribution in [0.1, 0.15) is 18.5 Å². The monoisotopic (exact) mass is 375 g/mol. The van der Waals surface area contributed by atoms with Gasteiger partial charge in [0.05, 0.1) is 19.3 Å². The second kappa shape index (κ2) is 6.50. The topological polar surface area (TPSA) is 39.9 Å². The number of rotatable bonds is 4. The van der Waals surface area contributed by atoms with E-state index in [4.69, 9.17) is 4.74 Å². The summed E-state index contributed by atoms with van der Waals surface area (Å²) in [5.74, 6) is 0.300. The van der Waals surface area contributed by atoms with Crippen molar-refractivity contribution in [2.75, 3.05) is 7.11 Å². The van der Waals surface area contributed by atoms with E-state index in [-0.39, 0.29) is 11.9 Å². The molecule has 0 saturated carbocycles. The summed E-state index contributed by atoms with van der Waals surface area (Å²) in [6, 6.07) is 8.38. The molecule has 0 saturated heterocycles. The normalized spacial score (nSPS) is 12.2. The van der Waals surface area contributed by atoms with Gasteiger partial charge in [0, 0.05) is 28.0 Å². The van der Waals surface area contributed by atoms with E-state index in [0.717, 1.165) is 21.2 Å². The highest BCUT2D eigenvalue weighted by molar-refractivity contribution is 9.10. The number of ether oxygens (including phenoxy) is 1. The maximum atomic E-state index is 13.1. The molecule has 0 aliphatic rings. The molecule has 3 rings (SSSR count). The zero-order valence-electron chi connectivity index (χ0n) is 12.7. The van der Waals surface area contributed by atoms with Gasteiger partial charge in [0.25, 0.3) is 0 Å². The first-order valence-corrected chi connectivity index (χ1v) is 7.87. The Morgan fingerprint density at radius 2 is 1.96 bits per heavy atom. The zero-order valence-corrected chi connectivity index (χ0v) is 14.3. The van der Waals surface area contributed by atoms with E-state index < -0.39 is 0 Å². The summed E-state index contributed by atoms with van der Waals surface area (Å²) in [7, 11) is 1.59. The van der Waals surface area contributed by atoms with Crippen LogP contribution < -0.4 is 4.74 Å². The Kier molecular flexibility index (Phi) is 4.43. The van der Waals surface area contributed by atoms with Crippen molar-refractivity contribution in [2.24, 2.45) is 0 Å². The predicted molar refractivity (Wildman–Crippen MR) is 89.9 cm³/mol. The summed E-state index contributed by atoms with van der Waals surface area (Å²) >= 11 is 3.42. The van der Waals surface area contributed by atoms with Gasteiger partial charge < -0.3 is 4.74 Å². The number of hydrogen-bond donors (Lipinski definition) is 0. The number of aromatic nitrogens is 3. The van der Waals surface area contributed by atoms with E-state index in [0.29, 0.717) is 5.88 Å². The zero-order chi connectivity index (χ0) is 16.4. The quantitative estimate of drug-likeness (QED) is 0.675. The van der Waals surface area contributed by atoms with Crippen molar-refractivity contribution in [3.8, 4) is 17.0 Å². The lowest BCUT2D eigenvalue weighted by Crippen LogP contribution is -2.06. The van der Waals surface area contributed by atoms with E-state index in [1.54, 1.807) is 31.6 Å². The Balaban J connectivity index is 1.94. The van der Waals surface area contributed by atoms with Gasteiger partial charge in [-0.1, -0.05) is 12.1 Å². The number of nitrogens with zero attached hydrogens (tertiary/aromatic N) is 3. The third kappa shape index (κ3) is 3.27. The first-order chi connectivity index (χ1) is 11.1. The van der Waals surface area contributed by atoms with Gasteiger partial charge in [-0.25, -0.2) is 9.37 Å². The molecule has 118 valence electrons. The predicted octanol–water partition coefficient (Wildman–Crippen LogP) is 4.46. The van der Waals surface area contributed by atoms with E-state index >= 15 is 0 Å². The van der Waals surface area contributed by atoms with Crippen LogP contribution in [0, 0.1) is 5.82 Å². The van der Waals surface area contributed by atoms with Gasteiger partial charge >= 0.3 is 0 Å². The molecule has 6 heteroatoms. The number of hydrogen-bond acceptors (Lipinski definition) is 3. The molecule has 4 nitrogen and oxygen atoms in total. The van der Waals surface area contributed by atoms with E-state index in [9.17, 15) is 4.39 Å². The standard InChI is InChI=1S/C17H15BrFN3O/c1-11(12-3-5-15(19)6-4-12)22-10-13(8-21-22)16-7-14(18)9-20-17(16)23-2/h3-11H,1-2H3. The molecule has 0 spiro atoms. The number of methoxy groups -OCH3 is 1. The molecule has 3 aromatic rings. The maximum Gasteiger partial charge on any atom is 0.221 e. The van der Waals surface area contributed by atoms with Crippen LogP contribution in [-0.4, -0.2) is 21.9 Å². The van der Waals surface area contributed by atoms with Crippen LogP contribution in [0.4, 0.5) is 4.39 Å². The van der Waals surface area contributed by atoms with Crippen molar-refractivity contribution in [3.05, 3.63) is 64.8 Å². The van der Waals surface area contributed by atoms with Gasteiger partial charge in [-0.05, 0) is 46.6 Å². The second-order valence-corrected chi connectivity index (χ2v) is 6.06. The summed E-state index contributed by atoms with van der Waals surface area (Å²) in [4.78, 5) is 4.25. The molecule has 0 fully saturated rings. The van der Waals surface area contributed by atoms with Crippen LogP contribution in [0.2, 0.25) is 0 Å². The molecular weight excluding hydrogens is 361 g/mol. The van der Waals surface area contributed by atoms with Crippen molar-refractivity contribution >= 4 is 15.9 Å². The summed E-state index contributed by atoms with van der Waals surface area (Å²) in [5, 5.41) is 4.42. The number of benzene rings is 1. The highest BCUT2D eigenvalue weighted by Gasteiger charge is 2.14. The average Bonchev–Trinajstić information content (AvgIpc) is 3.04. The molecule has 2 aromatic heterocycles. The third-order valence-electron chi connectivity index (χ3n) is 3.67. The Labute approximate surface area is 142 Å². The summed E-state index contributed by atoms with van der Waals surface area (Å²) in [6.45, 7) is 2.01. The summed E-state index contributed by atoms with van der Waals surface area (Å²) in [5.41, 5.74) is 2.75. The molecule has 1 unspecified atom stereocenters. The smallest absolute Gasteiger partial charge is 0.221 e. The fourth-order valence-electron chi connectivity index (χ4n) is 2.38. The first-order valence-electron chi connectivity index (χ1n) is 7.08.